The van der Waals surface area contributed by atoms with Crippen molar-refractivity contribution >= 4 is 37.4 Å². The van der Waals surface area contributed by atoms with E-state index in [1.54, 1.807) is 0 Å². The number of rotatable bonds is 3. The van der Waals surface area contributed by atoms with Crippen molar-refractivity contribution in [1.29, 1.82) is 0 Å². The van der Waals surface area contributed by atoms with Crippen LogP contribution in [0.4, 0.5) is 5.69 Å². The molecule has 0 aromatic heterocycles. The van der Waals surface area contributed by atoms with Gasteiger partial charge in [-0.3, -0.25) is 14.9 Å². The fourth-order valence-electron chi connectivity index (χ4n) is 1.71. The summed E-state index contributed by atoms with van der Waals surface area (Å²) in [5.41, 5.74) is -0.134. The molecule has 1 aromatic carbocycles. The van der Waals surface area contributed by atoms with Crippen molar-refractivity contribution in [2.24, 2.45) is 0 Å². The van der Waals surface area contributed by atoms with Crippen molar-refractivity contribution in [1.82, 2.24) is 5.32 Å². The maximum absolute atomic E-state index is 11.9. The number of sulfone groups is 1. The lowest BCUT2D eigenvalue weighted by atomic mass is 10.2. The Labute approximate surface area is 122 Å². The summed E-state index contributed by atoms with van der Waals surface area (Å²) in [5, 5.41) is 14.3. The molecular formula is C11H9BrN2O5S. The Morgan fingerprint density at radius 1 is 1.45 bits per heavy atom. The SMILES string of the molecule is O=C(NC1C=CS(=O)(=O)C1)c1ccc(Br)c([N+](=O)[O-])c1. The molecule has 1 unspecified atom stereocenters. The molecule has 7 nitrogen and oxygen atoms in total. The minimum absolute atomic E-state index is 0.0950. The summed E-state index contributed by atoms with van der Waals surface area (Å²) in [6, 6.07) is 3.33. The van der Waals surface area contributed by atoms with Gasteiger partial charge in [-0.05, 0) is 34.1 Å². The van der Waals surface area contributed by atoms with Gasteiger partial charge in [0.15, 0.2) is 9.84 Å². The lowest BCUT2D eigenvalue weighted by molar-refractivity contribution is -0.385. The van der Waals surface area contributed by atoms with E-state index in [4.69, 9.17) is 0 Å². The number of hydrogen-bond donors (Lipinski definition) is 1. The zero-order valence-electron chi connectivity index (χ0n) is 9.95. The van der Waals surface area contributed by atoms with E-state index in [1.807, 2.05) is 0 Å². The average molecular weight is 361 g/mol. The van der Waals surface area contributed by atoms with E-state index in [0.29, 0.717) is 0 Å². The van der Waals surface area contributed by atoms with Crippen molar-refractivity contribution in [3.8, 4) is 0 Å². The van der Waals surface area contributed by atoms with E-state index in [2.05, 4.69) is 21.2 Å². The van der Waals surface area contributed by atoms with Gasteiger partial charge < -0.3 is 5.32 Å². The van der Waals surface area contributed by atoms with Crippen LogP contribution in [0, 0.1) is 10.1 Å². The predicted octanol–water partition coefficient (Wildman–Crippen LogP) is 1.40. The lowest BCUT2D eigenvalue weighted by Crippen LogP contribution is -2.35. The number of carbonyl (C=O) groups excluding carboxylic acids is 1. The summed E-state index contributed by atoms with van der Waals surface area (Å²) >= 11 is 3.02. The summed E-state index contributed by atoms with van der Waals surface area (Å²) < 4.78 is 22.7. The zero-order chi connectivity index (χ0) is 14.9. The molecule has 106 valence electrons. The minimum Gasteiger partial charge on any atom is -0.345 e. The first-order valence-electron chi connectivity index (χ1n) is 5.44. The summed E-state index contributed by atoms with van der Waals surface area (Å²) in [4.78, 5) is 22.1. The van der Waals surface area contributed by atoms with Gasteiger partial charge in [-0.2, -0.15) is 0 Å². The highest BCUT2D eigenvalue weighted by molar-refractivity contribution is 9.10. The number of halogens is 1. The number of carbonyl (C=O) groups is 1. The second-order valence-electron chi connectivity index (χ2n) is 4.16. The molecule has 0 bridgehead atoms. The smallest absolute Gasteiger partial charge is 0.284 e. The van der Waals surface area contributed by atoms with E-state index in [9.17, 15) is 23.3 Å². The Morgan fingerprint density at radius 2 is 2.15 bits per heavy atom. The molecule has 1 aliphatic heterocycles. The molecule has 20 heavy (non-hydrogen) atoms. The maximum atomic E-state index is 11.9. The number of amides is 1. The van der Waals surface area contributed by atoms with Crippen LogP contribution in [-0.4, -0.2) is 31.0 Å². The second kappa shape index (κ2) is 5.33. The third kappa shape index (κ3) is 3.23. The van der Waals surface area contributed by atoms with E-state index in [-0.39, 0.29) is 21.5 Å². The van der Waals surface area contributed by atoms with Crippen LogP contribution >= 0.6 is 15.9 Å². The van der Waals surface area contributed by atoms with E-state index in [0.717, 1.165) is 11.5 Å². The highest BCUT2D eigenvalue weighted by Gasteiger charge is 2.24. The third-order valence-corrected chi connectivity index (χ3v) is 4.72. The molecule has 9 heteroatoms. The largest absolute Gasteiger partial charge is 0.345 e. The van der Waals surface area contributed by atoms with Crippen LogP contribution in [0.1, 0.15) is 10.4 Å². The van der Waals surface area contributed by atoms with Crippen molar-refractivity contribution in [2.45, 2.75) is 6.04 Å². The zero-order valence-corrected chi connectivity index (χ0v) is 12.3. The van der Waals surface area contributed by atoms with Gasteiger partial charge in [-0.15, -0.1) is 0 Å². The van der Waals surface area contributed by atoms with Crippen molar-refractivity contribution in [2.75, 3.05) is 5.75 Å². The molecule has 0 saturated carbocycles. The van der Waals surface area contributed by atoms with Gasteiger partial charge in [0.05, 0.1) is 21.2 Å². The molecule has 2 rings (SSSR count). The predicted molar refractivity (Wildman–Crippen MR) is 75.0 cm³/mol. The van der Waals surface area contributed by atoms with E-state index >= 15 is 0 Å². The first kappa shape index (κ1) is 14.7. The first-order chi connectivity index (χ1) is 9.28. The highest BCUT2D eigenvalue weighted by atomic mass is 79.9. The van der Waals surface area contributed by atoms with Crippen LogP contribution in [0.3, 0.4) is 0 Å². The van der Waals surface area contributed by atoms with Gasteiger partial charge in [-0.25, -0.2) is 8.42 Å². The van der Waals surface area contributed by atoms with E-state index in [1.165, 1.54) is 18.2 Å². The van der Waals surface area contributed by atoms with Crippen LogP contribution in [0.2, 0.25) is 0 Å². The molecule has 1 heterocycles. The fraction of sp³-hybridized carbons (Fsp3) is 0.182. The Balaban J connectivity index is 2.16. The Bertz CT molecular complexity index is 714. The lowest BCUT2D eigenvalue weighted by Gasteiger charge is -2.10. The molecule has 0 radical (unpaired) electrons. The Morgan fingerprint density at radius 3 is 2.70 bits per heavy atom. The summed E-state index contributed by atoms with van der Waals surface area (Å²) in [6.45, 7) is 0. The van der Waals surface area contributed by atoms with Gasteiger partial charge in [-0.1, -0.05) is 0 Å². The van der Waals surface area contributed by atoms with Crippen LogP contribution in [-0.2, 0) is 9.84 Å². The van der Waals surface area contributed by atoms with Crippen molar-refractivity contribution < 1.29 is 18.1 Å². The molecular weight excluding hydrogens is 352 g/mol. The van der Waals surface area contributed by atoms with Gasteiger partial charge >= 0.3 is 0 Å². The summed E-state index contributed by atoms with van der Waals surface area (Å²) in [5.74, 6) is -0.760. The topological polar surface area (TPSA) is 106 Å². The molecule has 0 fully saturated rings. The van der Waals surface area contributed by atoms with Crippen molar-refractivity contribution in [3.05, 3.63) is 49.8 Å². The standard InChI is InChI=1S/C11H9BrN2O5S/c12-9-2-1-7(5-10(9)14(16)17)11(15)13-8-3-4-20(18,19)6-8/h1-5,8H,6H2,(H,13,15). The number of nitro benzene ring substituents is 1. The number of nitrogens with one attached hydrogen (secondary N) is 1. The molecule has 1 atom stereocenters. The van der Waals surface area contributed by atoms with Crippen LogP contribution in [0.5, 0.6) is 0 Å². The van der Waals surface area contributed by atoms with Crippen molar-refractivity contribution in [3.63, 3.8) is 0 Å². The Hall–Kier alpha value is -1.74. The highest BCUT2D eigenvalue weighted by Crippen LogP contribution is 2.25. The monoisotopic (exact) mass is 360 g/mol. The molecule has 0 saturated heterocycles. The normalized spacial score (nSPS) is 19.8. The Kier molecular flexibility index (Phi) is 3.91. The van der Waals surface area contributed by atoms with Crippen LogP contribution in [0.25, 0.3) is 0 Å². The summed E-state index contributed by atoms with van der Waals surface area (Å²) in [6.07, 6.45) is 1.38. The molecule has 0 aliphatic carbocycles. The number of nitrogens with zero attached hydrogens (tertiary/aromatic N) is 1. The molecule has 0 spiro atoms. The first-order valence-corrected chi connectivity index (χ1v) is 7.95. The molecule has 1 aromatic rings. The second-order valence-corrected chi connectivity index (χ2v) is 6.95. The molecule has 1 amide bonds. The fourth-order valence-corrected chi connectivity index (χ4v) is 3.34. The molecule has 1 aliphatic rings. The number of hydrogen-bond acceptors (Lipinski definition) is 5. The van der Waals surface area contributed by atoms with Gasteiger partial charge in [0.25, 0.3) is 11.6 Å². The van der Waals surface area contributed by atoms with Gasteiger partial charge in [0, 0.05) is 17.0 Å². The number of nitro groups is 1. The van der Waals surface area contributed by atoms with Crippen LogP contribution < -0.4 is 5.32 Å². The maximum Gasteiger partial charge on any atom is 0.284 e. The molecule has 1 N–H and O–H groups in total. The average Bonchev–Trinajstić information content (AvgIpc) is 2.68. The van der Waals surface area contributed by atoms with Gasteiger partial charge in [0.2, 0.25) is 0 Å². The van der Waals surface area contributed by atoms with Gasteiger partial charge in [0.1, 0.15) is 0 Å². The third-order valence-electron chi connectivity index (χ3n) is 2.65. The van der Waals surface area contributed by atoms with E-state index < -0.39 is 26.7 Å². The number of benzene rings is 1. The summed E-state index contributed by atoms with van der Waals surface area (Å²) in [7, 11) is -3.26. The van der Waals surface area contributed by atoms with Crippen LogP contribution in [0.15, 0.2) is 34.2 Å². The quantitative estimate of drug-likeness (QED) is 0.647. The minimum atomic E-state index is -3.26.